The summed E-state index contributed by atoms with van der Waals surface area (Å²) in [5.41, 5.74) is 1.76. The molecule has 1 aliphatic carbocycles. The first-order chi connectivity index (χ1) is 13.6. The molecule has 0 aliphatic heterocycles. The van der Waals surface area contributed by atoms with Gasteiger partial charge < -0.3 is 4.42 Å². The fourth-order valence-corrected chi connectivity index (χ4v) is 4.42. The lowest BCUT2D eigenvalue weighted by molar-refractivity contribution is 0.519. The number of aromatic nitrogens is 1. The van der Waals surface area contributed by atoms with Crippen molar-refractivity contribution in [1.82, 2.24) is 4.98 Å². The van der Waals surface area contributed by atoms with Crippen molar-refractivity contribution < 1.29 is 12.8 Å². The molecule has 28 heavy (non-hydrogen) atoms. The van der Waals surface area contributed by atoms with Crippen molar-refractivity contribution in [3.63, 3.8) is 0 Å². The molecule has 1 N–H and O–H groups in total. The maximum Gasteiger partial charge on any atom is 0.264 e. The molecule has 3 aromatic rings. The highest BCUT2D eigenvalue weighted by atomic mass is 32.2. The Morgan fingerprint density at radius 3 is 2.39 bits per heavy atom. The monoisotopic (exact) mass is 394 g/mol. The van der Waals surface area contributed by atoms with E-state index < -0.39 is 10.0 Å². The summed E-state index contributed by atoms with van der Waals surface area (Å²) in [5, 5.41) is 0. The summed E-state index contributed by atoms with van der Waals surface area (Å²) in [6.45, 7) is 0. The van der Waals surface area contributed by atoms with Crippen molar-refractivity contribution in [3.8, 4) is 0 Å². The van der Waals surface area contributed by atoms with Gasteiger partial charge in [0, 0.05) is 12.3 Å². The average molecular weight is 394 g/mol. The number of rotatable bonds is 6. The van der Waals surface area contributed by atoms with Crippen LogP contribution in [0.1, 0.15) is 42.3 Å². The zero-order valence-electron chi connectivity index (χ0n) is 15.4. The molecular weight excluding hydrogens is 372 g/mol. The Morgan fingerprint density at radius 1 is 1.00 bits per heavy atom. The highest BCUT2D eigenvalue weighted by molar-refractivity contribution is 7.92. The molecular formula is C22H22N2O3S. The van der Waals surface area contributed by atoms with Crippen LogP contribution in [0.3, 0.4) is 0 Å². The summed E-state index contributed by atoms with van der Waals surface area (Å²) in [6.07, 6.45) is 7.50. The third-order valence-electron chi connectivity index (χ3n) is 4.83. The number of anilines is 1. The Labute approximate surface area is 165 Å². The predicted molar refractivity (Wildman–Crippen MR) is 109 cm³/mol. The first-order valence-electron chi connectivity index (χ1n) is 9.38. The van der Waals surface area contributed by atoms with E-state index in [-0.39, 0.29) is 16.7 Å². The van der Waals surface area contributed by atoms with E-state index >= 15 is 0 Å². The number of benzene rings is 2. The summed E-state index contributed by atoms with van der Waals surface area (Å²) < 4.78 is 34.1. The first-order valence-corrected chi connectivity index (χ1v) is 10.9. The summed E-state index contributed by atoms with van der Waals surface area (Å²) in [7, 11) is -3.74. The lowest BCUT2D eigenvalue weighted by Crippen LogP contribution is -2.14. The van der Waals surface area contributed by atoms with Crippen LogP contribution in [0.15, 0.2) is 82.1 Å². The van der Waals surface area contributed by atoms with Crippen molar-refractivity contribution >= 4 is 15.9 Å². The Morgan fingerprint density at radius 2 is 1.71 bits per heavy atom. The van der Waals surface area contributed by atoms with Gasteiger partial charge in [-0.1, -0.05) is 60.7 Å². The molecule has 0 spiro atoms. The lowest BCUT2D eigenvalue weighted by atomic mass is 9.91. The number of sulfonamides is 1. The summed E-state index contributed by atoms with van der Waals surface area (Å²) in [6, 6.07) is 18.2. The number of oxazole rings is 1. The molecule has 0 bridgehead atoms. The number of allylic oxidation sites excluding steroid dienone is 2. The molecule has 0 fully saturated rings. The SMILES string of the molecule is O=S(=O)(Nc1oc(Cc2ccccc2)nc1C1CC=CCC1)c1ccccc1. The van der Waals surface area contributed by atoms with Crippen molar-refractivity contribution in [3.05, 3.63) is 90.0 Å². The minimum atomic E-state index is -3.74. The molecule has 1 atom stereocenters. The van der Waals surface area contributed by atoms with Gasteiger partial charge in [-0.05, 0) is 37.0 Å². The Balaban J connectivity index is 1.67. The molecule has 1 heterocycles. The Kier molecular flexibility index (Phi) is 5.30. The van der Waals surface area contributed by atoms with Crippen molar-refractivity contribution in [2.45, 2.75) is 36.5 Å². The second-order valence-corrected chi connectivity index (χ2v) is 8.57. The number of nitrogens with zero attached hydrogens (tertiary/aromatic N) is 1. The molecule has 0 saturated heterocycles. The van der Waals surface area contributed by atoms with Gasteiger partial charge in [0.25, 0.3) is 10.0 Å². The average Bonchev–Trinajstić information content (AvgIpc) is 3.11. The zero-order valence-corrected chi connectivity index (χ0v) is 16.2. The fraction of sp³-hybridized carbons (Fsp3) is 0.227. The standard InChI is InChI=1S/C22H22N2O3S/c25-28(26,19-14-8-3-9-15-19)24-22-21(18-12-6-2-7-13-18)23-20(27-22)16-17-10-4-1-5-11-17/h1-6,8-11,14-15,18,24H,7,12-13,16H2. The van der Waals surface area contributed by atoms with Crippen LogP contribution in [0.25, 0.3) is 0 Å². The van der Waals surface area contributed by atoms with Gasteiger partial charge in [0.05, 0.1) is 4.90 Å². The fourth-order valence-electron chi connectivity index (χ4n) is 3.40. The second-order valence-electron chi connectivity index (χ2n) is 6.88. The third-order valence-corrected chi connectivity index (χ3v) is 6.18. The van der Waals surface area contributed by atoms with Crippen LogP contribution in [0, 0.1) is 0 Å². The highest BCUT2D eigenvalue weighted by Gasteiger charge is 2.26. The zero-order chi connectivity index (χ0) is 19.4. The maximum atomic E-state index is 12.8. The largest absolute Gasteiger partial charge is 0.424 e. The lowest BCUT2D eigenvalue weighted by Gasteiger charge is -2.16. The minimum absolute atomic E-state index is 0.145. The van der Waals surface area contributed by atoms with E-state index in [4.69, 9.17) is 4.42 Å². The Hall–Kier alpha value is -2.86. The molecule has 2 aromatic carbocycles. The van der Waals surface area contributed by atoms with Crippen LogP contribution in [0.2, 0.25) is 0 Å². The topological polar surface area (TPSA) is 72.2 Å². The quantitative estimate of drug-likeness (QED) is 0.604. The van der Waals surface area contributed by atoms with Crippen molar-refractivity contribution in [2.24, 2.45) is 0 Å². The number of nitrogens with one attached hydrogen (secondary N) is 1. The van der Waals surface area contributed by atoms with Crippen molar-refractivity contribution in [2.75, 3.05) is 4.72 Å². The summed E-state index contributed by atoms with van der Waals surface area (Å²) >= 11 is 0. The van der Waals surface area contributed by atoms with Gasteiger partial charge in [0.15, 0.2) is 0 Å². The molecule has 0 radical (unpaired) electrons. The van der Waals surface area contributed by atoms with E-state index in [1.54, 1.807) is 30.3 Å². The first kappa shape index (κ1) is 18.5. The molecule has 4 rings (SSSR count). The normalized spacial score (nSPS) is 16.8. The second kappa shape index (κ2) is 8.02. The smallest absolute Gasteiger partial charge is 0.264 e. The van der Waals surface area contributed by atoms with E-state index in [0.29, 0.717) is 18.0 Å². The molecule has 0 amide bonds. The van der Waals surface area contributed by atoms with Crippen LogP contribution in [0.5, 0.6) is 0 Å². The highest BCUT2D eigenvalue weighted by Crippen LogP contribution is 2.35. The molecule has 1 aromatic heterocycles. The van der Waals surface area contributed by atoms with E-state index in [1.165, 1.54) is 0 Å². The van der Waals surface area contributed by atoms with E-state index in [0.717, 1.165) is 24.8 Å². The number of hydrogen-bond acceptors (Lipinski definition) is 4. The molecule has 1 unspecified atom stereocenters. The number of hydrogen-bond donors (Lipinski definition) is 1. The van der Waals surface area contributed by atoms with Crippen LogP contribution in [-0.4, -0.2) is 13.4 Å². The molecule has 5 nitrogen and oxygen atoms in total. The van der Waals surface area contributed by atoms with Gasteiger partial charge in [-0.25, -0.2) is 18.1 Å². The minimum Gasteiger partial charge on any atom is -0.424 e. The molecule has 6 heteroatoms. The summed E-state index contributed by atoms with van der Waals surface area (Å²) in [5.74, 6) is 0.892. The molecule has 144 valence electrons. The summed E-state index contributed by atoms with van der Waals surface area (Å²) in [4.78, 5) is 4.88. The van der Waals surface area contributed by atoms with Gasteiger partial charge in [0.2, 0.25) is 11.8 Å². The van der Waals surface area contributed by atoms with Crippen molar-refractivity contribution in [1.29, 1.82) is 0 Å². The van der Waals surface area contributed by atoms with Gasteiger partial charge in [-0.15, -0.1) is 0 Å². The van der Waals surface area contributed by atoms with E-state index in [1.807, 2.05) is 30.3 Å². The van der Waals surface area contributed by atoms with Crippen LogP contribution in [0.4, 0.5) is 5.88 Å². The third kappa shape index (κ3) is 4.17. The van der Waals surface area contributed by atoms with Crippen LogP contribution in [-0.2, 0) is 16.4 Å². The predicted octanol–water partition coefficient (Wildman–Crippen LogP) is 4.89. The van der Waals surface area contributed by atoms with Gasteiger partial charge >= 0.3 is 0 Å². The van der Waals surface area contributed by atoms with Crippen LogP contribution >= 0.6 is 0 Å². The van der Waals surface area contributed by atoms with Gasteiger partial charge in [-0.3, -0.25) is 0 Å². The Bertz CT molecular complexity index is 1060. The molecule has 0 saturated carbocycles. The molecule has 1 aliphatic rings. The maximum absolute atomic E-state index is 12.8. The van der Waals surface area contributed by atoms with E-state index in [9.17, 15) is 8.42 Å². The van der Waals surface area contributed by atoms with E-state index in [2.05, 4.69) is 21.9 Å². The van der Waals surface area contributed by atoms with Crippen LogP contribution < -0.4 is 4.72 Å². The van der Waals surface area contributed by atoms with Gasteiger partial charge in [-0.2, -0.15) is 0 Å². The van der Waals surface area contributed by atoms with Gasteiger partial charge in [0.1, 0.15) is 5.69 Å².